The van der Waals surface area contributed by atoms with Crippen LogP contribution in [0.4, 0.5) is 5.82 Å². The summed E-state index contributed by atoms with van der Waals surface area (Å²) in [5.41, 5.74) is 6.14. The first-order valence-electron chi connectivity index (χ1n) is 16.9. The van der Waals surface area contributed by atoms with Crippen LogP contribution >= 0.6 is 0 Å². The summed E-state index contributed by atoms with van der Waals surface area (Å²) < 4.78 is 6.57. The number of aliphatic carboxylic acids is 1. The summed E-state index contributed by atoms with van der Waals surface area (Å²) in [7, 11) is 0. The molecule has 0 spiro atoms. The van der Waals surface area contributed by atoms with Gasteiger partial charge in [0, 0.05) is 56.4 Å². The van der Waals surface area contributed by atoms with Gasteiger partial charge in [-0.3, -0.25) is 14.7 Å². The molecule has 0 saturated carbocycles. The van der Waals surface area contributed by atoms with Crippen molar-refractivity contribution in [1.29, 1.82) is 5.26 Å². The Balaban J connectivity index is 1.30. The van der Waals surface area contributed by atoms with E-state index in [9.17, 15) is 15.2 Å². The number of aromatic nitrogens is 3. The van der Waals surface area contributed by atoms with Crippen molar-refractivity contribution in [3.05, 3.63) is 113 Å². The molecule has 5 aromatic rings. The Hall–Kier alpha value is -5.41. The molecular formula is C39H39N7O4. The second-order valence-corrected chi connectivity index (χ2v) is 13.2. The lowest BCUT2D eigenvalue weighted by Gasteiger charge is -2.39. The van der Waals surface area contributed by atoms with Crippen molar-refractivity contribution in [3.63, 3.8) is 0 Å². The lowest BCUT2D eigenvalue weighted by atomic mass is 9.73. The Morgan fingerprint density at radius 1 is 1.18 bits per heavy atom. The van der Waals surface area contributed by atoms with Crippen molar-refractivity contribution < 1.29 is 19.4 Å². The first-order chi connectivity index (χ1) is 24.2. The third kappa shape index (κ3) is 6.48. The maximum absolute atomic E-state index is 11.0. The first kappa shape index (κ1) is 33.1. The minimum atomic E-state index is -1.02. The van der Waals surface area contributed by atoms with Crippen LogP contribution in [0.3, 0.4) is 0 Å². The number of fused-ring (bicyclic) bond motifs is 2. The molecule has 1 aliphatic heterocycles. The SMILES string of the molecule is Cc1ccccc1C1=CC=CC(Nc2nccc3cc(CN4CCC(O)C4)cnc23)(c2nc3cc(CNCCC(=O)O)cc(C#N)c3o2)[C@@H]1C. The molecule has 3 atom stereocenters. The first-order valence-corrected chi connectivity index (χ1v) is 16.9. The van der Waals surface area contributed by atoms with Gasteiger partial charge in [-0.05, 0) is 71.5 Å². The molecular weight excluding hydrogens is 630 g/mol. The zero-order chi connectivity index (χ0) is 34.8. The number of nitriles is 1. The predicted molar refractivity (Wildman–Crippen MR) is 191 cm³/mol. The highest BCUT2D eigenvalue weighted by atomic mass is 16.4. The van der Waals surface area contributed by atoms with Gasteiger partial charge >= 0.3 is 5.97 Å². The van der Waals surface area contributed by atoms with E-state index < -0.39 is 11.5 Å². The number of allylic oxidation sites excluding steroid dienone is 2. The van der Waals surface area contributed by atoms with Crippen LogP contribution in [-0.4, -0.2) is 61.8 Å². The van der Waals surface area contributed by atoms with Crippen molar-refractivity contribution in [1.82, 2.24) is 25.2 Å². The minimum Gasteiger partial charge on any atom is -0.481 e. The van der Waals surface area contributed by atoms with Gasteiger partial charge in [-0.15, -0.1) is 0 Å². The number of pyridine rings is 2. The molecule has 2 aromatic carbocycles. The van der Waals surface area contributed by atoms with Gasteiger partial charge in [-0.25, -0.2) is 9.97 Å². The Morgan fingerprint density at radius 3 is 2.82 bits per heavy atom. The Morgan fingerprint density at radius 2 is 2.04 bits per heavy atom. The van der Waals surface area contributed by atoms with E-state index in [4.69, 9.17) is 24.5 Å². The summed E-state index contributed by atoms with van der Waals surface area (Å²) in [4.78, 5) is 27.9. The maximum Gasteiger partial charge on any atom is 0.304 e. The molecule has 4 N–H and O–H groups in total. The molecule has 2 unspecified atom stereocenters. The van der Waals surface area contributed by atoms with E-state index in [0.717, 1.165) is 46.2 Å². The van der Waals surface area contributed by atoms with Crippen molar-refractivity contribution >= 4 is 39.4 Å². The van der Waals surface area contributed by atoms with Gasteiger partial charge in [0.25, 0.3) is 0 Å². The number of carbonyl (C=O) groups is 1. The summed E-state index contributed by atoms with van der Waals surface area (Å²) in [5.74, 6) is -0.134. The number of aryl methyl sites for hydroxylation is 1. The number of nitrogens with one attached hydrogen (secondary N) is 2. The third-order valence-electron chi connectivity index (χ3n) is 9.74. The van der Waals surface area contributed by atoms with Crippen molar-refractivity contribution in [2.75, 3.05) is 25.0 Å². The number of hydrogen-bond donors (Lipinski definition) is 4. The van der Waals surface area contributed by atoms with Crippen LogP contribution in [0.2, 0.25) is 0 Å². The van der Waals surface area contributed by atoms with Gasteiger partial charge in [0.05, 0.1) is 18.1 Å². The van der Waals surface area contributed by atoms with Crippen molar-refractivity contribution in [3.8, 4) is 6.07 Å². The Labute approximate surface area is 290 Å². The second kappa shape index (κ2) is 13.8. The lowest BCUT2D eigenvalue weighted by Crippen LogP contribution is -2.42. The molecule has 1 aliphatic carbocycles. The normalized spacial score (nSPS) is 20.6. The fourth-order valence-electron chi connectivity index (χ4n) is 7.09. The molecule has 7 rings (SSSR count). The average Bonchev–Trinajstić information content (AvgIpc) is 3.73. The maximum atomic E-state index is 11.0. The number of β-amino-alcohol motifs (C(OH)–C–C–N with tert-alkyl or cyclic N) is 1. The highest BCUT2D eigenvalue weighted by molar-refractivity contribution is 5.89. The van der Waals surface area contributed by atoms with Crippen molar-refractivity contribution in [2.24, 2.45) is 5.92 Å². The van der Waals surface area contributed by atoms with Crippen LogP contribution in [0, 0.1) is 24.2 Å². The molecule has 254 valence electrons. The molecule has 11 nitrogen and oxygen atoms in total. The minimum absolute atomic E-state index is 0.00242. The van der Waals surface area contributed by atoms with Crippen LogP contribution in [-0.2, 0) is 23.4 Å². The molecule has 3 aromatic heterocycles. The van der Waals surface area contributed by atoms with Crippen LogP contribution in [0.5, 0.6) is 0 Å². The van der Waals surface area contributed by atoms with Crippen LogP contribution in [0.1, 0.15) is 53.5 Å². The summed E-state index contributed by atoms with van der Waals surface area (Å²) in [6, 6.07) is 18.2. The van der Waals surface area contributed by atoms with Gasteiger partial charge in [0.1, 0.15) is 22.6 Å². The third-order valence-corrected chi connectivity index (χ3v) is 9.74. The number of aliphatic hydroxyl groups excluding tert-OH is 1. The molecule has 50 heavy (non-hydrogen) atoms. The van der Waals surface area contributed by atoms with E-state index in [1.165, 1.54) is 0 Å². The largest absolute Gasteiger partial charge is 0.481 e. The summed E-state index contributed by atoms with van der Waals surface area (Å²) in [6.45, 7) is 7.13. The number of anilines is 1. The number of hydrogen-bond acceptors (Lipinski definition) is 10. The number of benzene rings is 2. The molecule has 2 aliphatic rings. The van der Waals surface area contributed by atoms with Gasteiger partial charge in [-0.1, -0.05) is 43.3 Å². The monoisotopic (exact) mass is 669 g/mol. The molecule has 1 saturated heterocycles. The van der Waals surface area contributed by atoms with Gasteiger partial charge in [0.15, 0.2) is 11.4 Å². The van der Waals surface area contributed by atoms with Crippen LogP contribution < -0.4 is 10.6 Å². The average molecular weight is 670 g/mol. The van der Waals surface area contributed by atoms with Gasteiger partial charge in [0.2, 0.25) is 5.89 Å². The zero-order valence-electron chi connectivity index (χ0n) is 28.1. The van der Waals surface area contributed by atoms with E-state index >= 15 is 0 Å². The highest BCUT2D eigenvalue weighted by Crippen LogP contribution is 2.46. The highest BCUT2D eigenvalue weighted by Gasteiger charge is 2.45. The van der Waals surface area contributed by atoms with E-state index in [1.807, 2.05) is 42.6 Å². The van der Waals surface area contributed by atoms with E-state index in [-0.39, 0.29) is 18.4 Å². The fraction of sp³-hybridized carbons (Fsp3) is 0.308. The second-order valence-electron chi connectivity index (χ2n) is 13.2. The zero-order valence-corrected chi connectivity index (χ0v) is 28.1. The fourth-order valence-corrected chi connectivity index (χ4v) is 7.09. The van der Waals surface area contributed by atoms with E-state index in [1.54, 1.807) is 12.3 Å². The molecule has 0 radical (unpaired) electrons. The smallest absolute Gasteiger partial charge is 0.304 e. The number of carboxylic acids is 1. The number of likely N-dealkylation sites (tertiary alicyclic amines) is 1. The molecule has 11 heteroatoms. The number of aliphatic hydroxyl groups is 1. The molecule has 4 heterocycles. The number of nitrogens with zero attached hydrogens (tertiary/aromatic N) is 5. The van der Waals surface area contributed by atoms with Crippen LogP contribution in [0.25, 0.3) is 27.6 Å². The molecule has 1 fully saturated rings. The Bertz CT molecular complexity index is 2180. The number of carboxylic acid groups (broad SMARTS) is 1. The van der Waals surface area contributed by atoms with Gasteiger partial charge < -0.3 is 25.3 Å². The topological polar surface area (TPSA) is 160 Å². The van der Waals surface area contributed by atoms with Crippen molar-refractivity contribution in [2.45, 2.75) is 51.4 Å². The predicted octanol–water partition coefficient (Wildman–Crippen LogP) is 5.68. The molecule has 0 bridgehead atoms. The van der Waals surface area contributed by atoms with Gasteiger partial charge in [-0.2, -0.15) is 5.26 Å². The quantitative estimate of drug-likeness (QED) is 0.128. The summed E-state index contributed by atoms with van der Waals surface area (Å²) >= 11 is 0. The standard InChI is InChI=1S/C39H39N7O4/c1-24-6-3-4-7-31(24)32-8-5-12-39(25(32)2,38-44-33-18-26(20-41-13-10-34(48)49)16-29(19-40)36(33)50-38)45-37-35-28(9-14-42-37)17-27(21-43-35)22-46-15-11-30(47)23-46/h3-9,12,14,16-18,21,25,30,41,47H,10-11,13,15,20,22-23H2,1-2H3,(H,42,45)(H,48,49)/t25-,30?,39?/m1/s1. The number of rotatable bonds is 11. The Kier molecular flexibility index (Phi) is 9.16. The van der Waals surface area contributed by atoms with E-state index in [2.05, 4.69) is 59.7 Å². The molecule has 0 amide bonds. The number of oxazole rings is 1. The summed E-state index contributed by atoms with van der Waals surface area (Å²) in [6.07, 6.45) is 10.3. The van der Waals surface area contributed by atoms with Crippen LogP contribution in [0.15, 0.2) is 83.6 Å². The van der Waals surface area contributed by atoms with E-state index in [0.29, 0.717) is 60.1 Å². The summed E-state index contributed by atoms with van der Waals surface area (Å²) in [5, 5.41) is 36.9. The lowest BCUT2D eigenvalue weighted by molar-refractivity contribution is -0.136.